The van der Waals surface area contributed by atoms with Gasteiger partial charge in [0.05, 0.1) is 12.0 Å². The van der Waals surface area contributed by atoms with Crippen molar-refractivity contribution in [3.05, 3.63) is 47.1 Å². The van der Waals surface area contributed by atoms with Crippen molar-refractivity contribution >= 4 is 11.9 Å². The Morgan fingerprint density at radius 3 is 2.62 bits per heavy atom. The molecule has 7 heteroatoms. The van der Waals surface area contributed by atoms with Crippen LogP contribution in [0.15, 0.2) is 28.8 Å². The van der Waals surface area contributed by atoms with Crippen LogP contribution >= 0.6 is 0 Å². The lowest BCUT2D eigenvalue weighted by Gasteiger charge is -2.30. The lowest BCUT2D eigenvalue weighted by atomic mass is 9.96. The first-order valence-electron chi connectivity index (χ1n) is 7.94. The minimum Gasteiger partial charge on any atom is -0.478 e. The summed E-state index contributed by atoms with van der Waals surface area (Å²) < 4.78 is 5.21. The molecule has 126 valence electrons. The van der Waals surface area contributed by atoms with E-state index in [9.17, 15) is 14.7 Å². The number of likely N-dealkylation sites (tertiary alicyclic amines) is 1. The van der Waals surface area contributed by atoms with Gasteiger partial charge in [-0.05, 0) is 31.4 Å². The van der Waals surface area contributed by atoms with Gasteiger partial charge >= 0.3 is 5.97 Å². The molecule has 0 atom stereocenters. The van der Waals surface area contributed by atoms with Gasteiger partial charge in [-0.1, -0.05) is 23.4 Å². The first-order chi connectivity index (χ1) is 11.5. The second-order valence-corrected chi connectivity index (χ2v) is 5.97. The first-order valence-corrected chi connectivity index (χ1v) is 7.94. The number of carboxylic acids is 1. The normalized spacial score (nSPS) is 15.5. The summed E-state index contributed by atoms with van der Waals surface area (Å²) in [5.74, 6) is 0.374. The summed E-state index contributed by atoms with van der Waals surface area (Å²) in [6, 6.07) is 6.62. The number of piperidine rings is 1. The molecule has 0 unspecified atom stereocenters. The average Bonchev–Trinajstić information content (AvgIpc) is 3.02. The van der Waals surface area contributed by atoms with Crippen molar-refractivity contribution in [1.82, 2.24) is 15.0 Å². The van der Waals surface area contributed by atoms with Crippen LogP contribution in [-0.2, 0) is 11.2 Å². The SMILES string of the molecule is Cc1noc(C2CCN(C(=O)Cc3ccccc3C(=O)O)CC2)n1. The third-order valence-corrected chi connectivity index (χ3v) is 4.33. The highest BCUT2D eigenvalue weighted by molar-refractivity contribution is 5.91. The molecule has 1 aliphatic rings. The number of carbonyl (C=O) groups excluding carboxylic acids is 1. The third-order valence-electron chi connectivity index (χ3n) is 4.33. The third kappa shape index (κ3) is 3.45. The molecular weight excluding hydrogens is 310 g/mol. The minimum absolute atomic E-state index is 0.0520. The summed E-state index contributed by atoms with van der Waals surface area (Å²) in [6.07, 6.45) is 1.65. The van der Waals surface area contributed by atoms with E-state index in [1.807, 2.05) is 0 Å². The maximum atomic E-state index is 12.5. The molecular formula is C17H19N3O4. The molecule has 1 saturated heterocycles. The molecule has 1 aromatic carbocycles. The number of carbonyl (C=O) groups is 2. The molecule has 2 aromatic rings. The molecule has 1 aliphatic heterocycles. The van der Waals surface area contributed by atoms with Crippen LogP contribution in [0.1, 0.15) is 46.4 Å². The van der Waals surface area contributed by atoms with Crippen LogP contribution in [0.25, 0.3) is 0 Å². The number of aryl methyl sites for hydroxylation is 1. The lowest BCUT2D eigenvalue weighted by Crippen LogP contribution is -2.39. The van der Waals surface area contributed by atoms with E-state index in [2.05, 4.69) is 10.1 Å². The van der Waals surface area contributed by atoms with Crippen LogP contribution in [0.5, 0.6) is 0 Å². The Kier molecular flexibility index (Phi) is 4.59. The number of carboxylic acid groups (broad SMARTS) is 1. The average molecular weight is 329 g/mol. The number of benzene rings is 1. The van der Waals surface area contributed by atoms with Gasteiger partial charge in [0.25, 0.3) is 0 Å². The molecule has 24 heavy (non-hydrogen) atoms. The maximum absolute atomic E-state index is 12.5. The Bertz CT molecular complexity index is 748. The number of nitrogens with zero attached hydrogens (tertiary/aromatic N) is 3. The number of hydrogen-bond donors (Lipinski definition) is 1. The quantitative estimate of drug-likeness (QED) is 0.922. The van der Waals surface area contributed by atoms with E-state index in [1.165, 1.54) is 6.07 Å². The topological polar surface area (TPSA) is 96.5 Å². The Balaban J connectivity index is 1.61. The van der Waals surface area contributed by atoms with E-state index < -0.39 is 5.97 Å². The number of hydrogen-bond acceptors (Lipinski definition) is 5. The molecule has 0 radical (unpaired) electrons. The van der Waals surface area contributed by atoms with Crippen LogP contribution < -0.4 is 0 Å². The van der Waals surface area contributed by atoms with Crippen molar-refractivity contribution in [3.8, 4) is 0 Å². The van der Waals surface area contributed by atoms with Gasteiger partial charge in [0.1, 0.15) is 0 Å². The van der Waals surface area contributed by atoms with E-state index in [0.29, 0.717) is 30.4 Å². The zero-order valence-electron chi connectivity index (χ0n) is 13.4. The molecule has 1 fully saturated rings. The number of amides is 1. The van der Waals surface area contributed by atoms with Crippen LogP contribution in [0, 0.1) is 6.92 Å². The molecule has 0 spiro atoms. The van der Waals surface area contributed by atoms with E-state index in [1.54, 1.807) is 30.0 Å². The molecule has 0 saturated carbocycles. The van der Waals surface area contributed by atoms with E-state index in [0.717, 1.165) is 12.8 Å². The standard InChI is InChI=1S/C17H19N3O4/c1-11-18-16(24-19-11)12-6-8-20(9-7-12)15(21)10-13-4-2-3-5-14(13)17(22)23/h2-5,12H,6-10H2,1H3,(H,22,23). The second kappa shape index (κ2) is 6.82. The summed E-state index contributed by atoms with van der Waals surface area (Å²) in [7, 11) is 0. The van der Waals surface area contributed by atoms with Crippen molar-refractivity contribution in [2.24, 2.45) is 0 Å². The fraction of sp³-hybridized carbons (Fsp3) is 0.412. The Labute approximate surface area is 139 Å². The largest absolute Gasteiger partial charge is 0.478 e. The van der Waals surface area contributed by atoms with Gasteiger partial charge in [0.2, 0.25) is 11.8 Å². The van der Waals surface area contributed by atoms with Crippen LogP contribution in [0.3, 0.4) is 0 Å². The smallest absolute Gasteiger partial charge is 0.335 e. The van der Waals surface area contributed by atoms with Crippen LogP contribution in [0.2, 0.25) is 0 Å². The Morgan fingerprint density at radius 1 is 1.29 bits per heavy atom. The summed E-state index contributed by atoms with van der Waals surface area (Å²) >= 11 is 0. The highest BCUT2D eigenvalue weighted by Gasteiger charge is 2.27. The van der Waals surface area contributed by atoms with Crippen molar-refractivity contribution < 1.29 is 19.2 Å². The molecule has 1 amide bonds. The van der Waals surface area contributed by atoms with Gasteiger partial charge < -0.3 is 14.5 Å². The van der Waals surface area contributed by atoms with Gasteiger partial charge in [0, 0.05) is 19.0 Å². The van der Waals surface area contributed by atoms with E-state index in [4.69, 9.17) is 4.52 Å². The Morgan fingerprint density at radius 2 is 2.00 bits per heavy atom. The van der Waals surface area contributed by atoms with Crippen molar-refractivity contribution in [1.29, 1.82) is 0 Å². The predicted octanol–water partition coefficient (Wildman–Crippen LogP) is 2.02. The van der Waals surface area contributed by atoms with E-state index >= 15 is 0 Å². The van der Waals surface area contributed by atoms with E-state index in [-0.39, 0.29) is 23.8 Å². The zero-order chi connectivity index (χ0) is 17.1. The van der Waals surface area contributed by atoms with Crippen LogP contribution in [0.4, 0.5) is 0 Å². The molecule has 1 aromatic heterocycles. The zero-order valence-corrected chi connectivity index (χ0v) is 13.4. The summed E-state index contributed by atoms with van der Waals surface area (Å²) in [4.78, 5) is 29.7. The number of aromatic carboxylic acids is 1. The van der Waals surface area contributed by atoms with Gasteiger partial charge in [-0.15, -0.1) is 0 Å². The fourth-order valence-electron chi connectivity index (χ4n) is 3.01. The van der Waals surface area contributed by atoms with Gasteiger partial charge in [-0.25, -0.2) is 4.79 Å². The molecule has 3 rings (SSSR count). The molecule has 0 bridgehead atoms. The number of rotatable bonds is 4. The lowest BCUT2D eigenvalue weighted by molar-refractivity contribution is -0.131. The van der Waals surface area contributed by atoms with Crippen molar-refractivity contribution in [2.75, 3.05) is 13.1 Å². The molecule has 2 heterocycles. The van der Waals surface area contributed by atoms with Crippen LogP contribution in [-0.4, -0.2) is 45.1 Å². The molecule has 0 aliphatic carbocycles. The fourth-order valence-corrected chi connectivity index (χ4v) is 3.01. The monoisotopic (exact) mass is 329 g/mol. The molecule has 1 N–H and O–H groups in total. The highest BCUT2D eigenvalue weighted by Crippen LogP contribution is 2.27. The minimum atomic E-state index is -1.01. The summed E-state index contributed by atoms with van der Waals surface area (Å²) in [6.45, 7) is 3.01. The van der Waals surface area contributed by atoms with Gasteiger partial charge in [0.15, 0.2) is 5.82 Å². The summed E-state index contributed by atoms with van der Waals surface area (Å²) in [5.41, 5.74) is 0.728. The van der Waals surface area contributed by atoms with Gasteiger partial charge in [-0.2, -0.15) is 4.98 Å². The summed E-state index contributed by atoms with van der Waals surface area (Å²) in [5, 5.41) is 13.0. The maximum Gasteiger partial charge on any atom is 0.335 e. The van der Waals surface area contributed by atoms with Crippen molar-refractivity contribution in [3.63, 3.8) is 0 Å². The Hall–Kier alpha value is -2.70. The number of aromatic nitrogens is 2. The predicted molar refractivity (Wildman–Crippen MR) is 84.7 cm³/mol. The molecule has 7 nitrogen and oxygen atoms in total. The highest BCUT2D eigenvalue weighted by atomic mass is 16.5. The van der Waals surface area contributed by atoms with Crippen molar-refractivity contribution in [2.45, 2.75) is 32.1 Å². The first kappa shape index (κ1) is 16.2. The van der Waals surface area contributed by atoms with Gasteiger partial charge in [-0.3, -0.25) is 4.79 Å². The second-order valence-electron chi connectivity index (χ2n) is 5.97.